The quantitative estimate of drug-likeness (QED) is 0.634. The third-order valence-corrected chi connectivity index (χ3v) is 4.47. The predicted molar refractivity (Wildman–Crippen MR) is 66.1 cm³/mol. The maximum Gasteiger partial charge on any atom is 0.0215 e. The Morgan fingerprint density at radius 3 is 2.20 bits per heavy atom. The molecule has 15 heavy (non-hydrogen) atoms. The number of rotatable bonds is 1. The molecular formula is C14H27N. The molecule has 0 bridgehead atoms. The van der Waals surface area contributed by atoms with Crippen LogP contribution >= 0.6 is 0 Å². The van der Waals surface area contributed by atoms with Gasteiger partial charge in [-0.05, 0) is 57.4 Å². The highest BCUT2D eigenvalue weighted by atomic mass is 15.3. The zero-order valence-electron chi connectivity index (χ0n) is 10.8. The van der Waals surface area contributed by atoms with E-state index in [0.717, 1.165) is 12.0 Å². The second-order valence-electron chi connectivity index (χ2n) is 5.60. The van der Waals surface area contributed by atoms with Crippen LogP contribution in [0.1, 0.15) is 65.7 Å². The third kappa shape index (κ3) is 2.08. The molecule has 1 atom stereocenters. The van der Waals surface area contributed by atoms with Gasteiger partial charge in [0.2, 0.25) is 0 Å². The van der Waals surface area contributed by atoms with Gasteiger partial charge in [-0.2, -0.15) is 0 Å². The Labute approximate surface area is 95.2 Å². The minimum absolute atomic E-state index is 0.707. The Kier molecular flexibility index (Phi) is 3.39. The molecule has 1 nitrogen and oxygen atoms in total. The molecule has 0 amide bonds. The molecule has 3 fully saturated rings. The molecule has 2 aliphatic carbocycles. The van der Waals surface area contributed by atoms with E-state index in [9.17, 15) is 0 Å². The molecule has 3 rings (SSSR count). The van der Waals surface area contributed by atoms with E-state index >= 15 is 0 Å². The highest BCUT2D eigenvalue weighted by Gasteiger charge is 2.50. The monoisotopic (exact) mass is 209 g/mol. The lowest BCUT2D eigenvalue weighted by atomic mass is 9.67. The Morgan fingerprint density at radius 2 is 1.73 bits per heavy atom. The van der Waals surface area contributed by atoms with E-state index in [1.165, 1.54) is 51.5 Å². The molecule has 1 spiro atoms. The highest BCUT2D eigenvalue weighted by molar-refractivity contribution is 5.06. The van der Waals surface area contributed by atoms with Crippen molar-refractivity contribution in [3.8, 4) is 0 Å². The second kappa shape index (κ2) is 4.45. The molecule has 1 saturated heterocycles. The molecule has 1 heteroatoms. The average Bonchev–Trinajstić information content (AvgIpc) is 3.02. The predicted octanol–water partition coefficient (Wildman–Crippen LogP) is 3.83. The fourth-order valence-electron chi connectivity index (χ4n) is 3.50. The van der Waals surface area contributed by atoms with E-state index in [-0.39, 0.29) is 0 Å². The topological polar surface area (TPSA) is 3.24 Å². The van der Waals surface area contributed by atoms with Gasteiger partial charge < -0.3 is 0 Å². The molecule has 0 N–H and O–H groups in total. The third-order valence-electron chi connectivity index (χ3n) is 4.47. The van der Waals surface area contributed by atoms with Crippen LogP contribution in [0.5, 0.6) is 0 Å². The summed E-state index contributed by atoms with van der Waals surface area (Å²) in [7, 11) is 0. The standard InChI is InChI=1S/C12H21N.C2H6/c1-10-5-8-13(11-3-4-11)12(9-10)6-2-7-12;1-2/h10-11H,2-9H2,1H3;1-2H3/t10-;/m0./s1. The van der Waals surface area contributed by atoms with Gasteiger partial charge in [0.05, 0.1) is 0 Å². The van der Waals surface area contributed by atoms with Crippen molar-refractivity contribution in [2.75, 3.05) is 6.54 Å². The number of hydrogen-bond donors (Lipinski definition) is 0. The molecule has 88 valence electrons. The molecule has 0 unspecified atom stereocenters. The Balaban J connectivity index is 0.000000404. The lowest BCUT2D eigenvalue weighted by molar-refractivity contribution is -0.0405. The molecule has 1 aliphatic heterocycles. The van der Waals surface area contributed by atoms with Gasteiger partial charge in [-0.25, -0.2) is 0 Å². The van der Waals surface area contributed by atoms with Gasteiger partial charge in [-0.3, -0.25) is 4.90 Å². The van der Waals surface area contributed by atoms with Crippen LogP contribution in [-0.4, -0.2) is 23.0 Å². The van der Waals surface area contributed by atoms with Crippen LogP contribution in [0.15, 0.2) is 0 Å². The highest BCUT2D eigenvalue weighted by Crippen LogP contribution is 2.50. The molecule has 3 aliphatic rings. The Morgan fingerprint density at radius 1 is 1.07 bits per heavy atom. The van der Waals surface area contributed by atoms with Crippen LogP contribution in [0.2, 0.25) is 0 Å². The maximum absolute atomic E-state index is 2.89. The molecule has 1 heterocycles. The van der Waals surface area contributed by atoms with Gasteiger partial charge in [0, 0.05) is 11.6 Å². The largest absolute Gasteiger partial charge is 0.295 e. The van der Waals surface area contributed by atoms with Crippen molar-refractivity contribution in [1.82, 2.24) is 4.90 Å². The summed E-state index contributed by atoms with van der Waals surface area (Å²) in [6, 6.07) is 1.01. The zero-order valence-corrected chi connectivity index (χ0v) is 10.8. The number of piperidine rings is 1. The minimum atomic E-state index is 0.707. The molecule has 0 aromatic heterocycles. The normalized spacial score (nSPS) is 34.2. The van der Waals surface area contributed by atoms with Crippen LogP contribution in [-0.2, 0) is 0 Å². The summed E-state index contributed by atoms with van der Waals surface area (Å²) in [5.41, 5.74) is 0.707. The molecular weight excluding hydrogens is 182 g/mol. The van der Waals surface area contributed by atoms with E-state index in [4.69, 9.17) is 0 Å². The summed E-state index contributed by atoms with van der Waals surface area (Å²) in [4.78, 5) is 2.89. The van der Waals surface area contributed by atoms with Gasteiger partial charge in [0.15, 0.2) is 0 Å². The van der Waals surface area contributed by atoms with Gasteiger partial charge in [-0.15, -0.1) is 0 Å². The van der Waals surface area contributed by atoms with E-state index in [1.54, 1.807) is 0 Å². The SMILES string of the molecule is CC.C[C@H]1CCN(C2CC2)C2(CCC2)C1. The summed E-state index contributed by atoms with van der Waals surface area (Å²) in [6.07, 6.45) is 10.5. The first kappa shape index (κ1) is 11.4. The van der Waals surface area contributed by atoms with Crippen molar-refractivity contribution in [3.05, 3.63) is 0 Å². The fourth-order valence-corrected chi connectivity index (χ4v) is 3.50. The van der Waals surface area contributed by atoms with E-state index in [1.807, 2.05) is 13.8 Å². The first-order valence-electron chi connectivity index (χ1n) is 7.07. The minimum Gasteiger partial charge on any atom is -0.295 e. The summed E-state index contributed by atoms with van der Waals surface area (Å²) in [5.74, 6) is 0.996. The lowest BCUT2D eigenvalue weighted by Crippen LogP contribution is -2.58. The van der Waals surface area contributed by atoms with Crippen LogP contribution in [0.3, 0.4) is 0 Å². The maximum atomic E-state index is 2.89. The van der Waals surface area contributed by atoms with Crippen molar-refractivity contribution in [2.45, 2.75) is 77.3 Å². The van der Waals surface area contributed by atoms with Gasteiger partial charge in [0.25, 0.3) is 0 Å². The fraction of sp³-hybridized carbons (Fsp3) is 1.00. The van der Waals surface area contributed by atoms with Crippen molar-refractivity contribution in [2.24, 2.45) is 5.92 Å². The molecule has 0 radical (unpaired) electrons. The molecule has 0 aromatic carbocycles. The van der Waals surface area contributed by atoms with E-state index in [2.05, 4.69) is 11.8 Å². The Bertz CT molecular complexity index is 203. The average molecular weight is 209 g/mol. The van der Waals surface area contributed by atoms with Gasteiger partial charge in [0.1, 0.15) is 0 Å². The summed E-state index contributed by atoms with van der Waals surface area (Å²) >= 11 is 0. The second-order valence-corrected chi connectivity index (χ2v) is 5.60. The number of likely N-dealkylation sites (tertiary alicyclic amines) is 1. The molecule has 2 saturated carbocycles. The van der Waals surface area contributed by atoms with Crippen molar-refractivity contribution in [3.63, 3.8) is 0 Å². The van der Waals surface area contributed by atoms with E-state index < -0.39 is 0 Å². The van der Waals surface area contributed by atoms with Crippen molar-refractivity contribution < 1.29 is 0 Å². The zero-order chi connectivity index (χ0) is 10.9. The summed E-state index contributed by atoms with van der Waals surface area (Å²) in [6.45, 7) is 7.86. The van der Waals surface area contributed by atoms with E-state index in [0.29, 0.717) is 5.54 Å². The molecule has 0 aromatic rings. The van der Waals surface area contributed by atoms with Crippen LogP contribution < -0.4 is 0 Å². The summed E-state index contributed by atoms with van der Waals surface area (Å²) in [5, 5.41) is 0. The van der Waals surface area contributed by atoms with Gasteiger partial charge >= 0.3 is 0 Å². The van der Waals surface area contributed by atoms with Crippen LogP contribution in [0, 0.1) is 5.92 Å². The van der Waals surface area contributed by atoms with Crippen LogP contribution in [0.4, 0.5) is 0 Å². The van der Waals surface area contributed by atoms with Crippen LogP contribution in [0.25, 0.3) is 0 Å². The van der Waals surface area contributed by atoms with Crippen molar-refractivity contribution in [1.29, 1.82) is 0 Å². The lowest BCUT2D eigenvalue weighted by Gasteiger charge is -2.55. The first-order valence-corrected chi connectivity index (χ1v) is 7.07. The van der Waals surface area contributed by atoms with Gasteiger partial charge in [-0.1, -0.05) is 20.8 Å². The number of nitrogens with zero attached hydrogens (tertiary/aromatic N) is 1. The number of hydrogen-bond acceptors (Lipinski definition) is 1. The van der Waals surface area contributed by atoms with Crippen molar-refractivity contribution >= 4 is 0 Å². The Hall–Kier alpha value is -0.0400. The summed E-state index contributed by atoms with van der Waals surface area (Å²) < 4.78 is 0. The smallest absolute Gasteiger partial charge is 0.0215 e. The first-order chi connectivity index (χ1) is 7.30.